The number of aromatic nitrogens is 1. The van der Waals surface area contributed by atoms with Crippen LogP contribution in [-0.4, -0.2) is 10.9 Å². The van der Waals surface area contributed by atoms with Crippen molar-refractivity contribution < 1.29 is 4.79 Å². The van der Waals surface area contributed by atoms with Crippen molar-refractivity contribution in [2.24, 2.45) is 0 Å². The van der Waals surface area contributed by atoms with Crippen LogP contribution in [0.25, 0.3) is 0 Å². The fourth-order valence-corrected chi connectivity index (χ4v) is 3.49. The largest absolute Gasteiger partial charge is 0.298 e. The summed E-state index contributed by atoms with van der Waals surface area (Å²) >= 11 is 1.58. The first kappa shape index (κ1) is 13.8. The van der Waals surface area contributed by atoms with Crippen LogP contribution in [-0.2, 0) is 12.8 Å². The molecule has 0 unspecified atom stereocenters. The Morgan fingerprint density at radius 2 is 1.95 bits per heavy atom. The van der Waals surface area contributed by atoms with Crippen molar-refractivity contribution in [3.63, 3.8) is 0 Å². The maximum atomic E-state index is 12.2. The smallest absolute Gasteiger partial charge is 0.257 e. The van der Waals surface area contributed by atoms with E-state index in [0.717, 1.165) is 18.5 Å². The van der Waals surface area contributed by atoms with Crippen LogP contribution in [0.2, 0.25) is 0 Å². The highest BCUT2D eigenvalue weighted by Crippen LogP contribution is 2.29. The summed E-state index contributed by atoms with van der Waals surface area (Å²) < 4.78 is 0. The average molecular weight is 297 g/mol. The zero-order valence-electron chi connectivity index (χ0n) is 11.6. The number of thiazole rings is 1. The molecule has 0 aliphatic heterocycles. The topological polar surface area (TPSA) is 65.8 Å². The van der Waals surface area contributed by atoms with Gasteiger partial charge in [0.1, 0.15) is 0 Å². The second-order valence-electron chi connectivity index (χ2n) is 5.09. The Kier molecular flexibility index (Phi) is 3.98. The number of aryl methyl sites for hydroxylation is 2. The molecule has 21 heavy (non-hydrogen) atoms. The van der Waals surface area contributed by atoms with E-state index in [2.05, 4.69) is 10.3 Å². The first-order valence-electron chi connectivity index (χ1n) is 7.06. The molecule has 1 aromatic carbocycles. The second-order valence-corrected chi connectivity index (χ2v) is 6.18. The lowest BCUT2D eigenvalue weighted by molar-refractivity contribution is 0.102. The minimum atomic E-state index is -0.177. The molecule has 4 nitrogen and oxygen atoms in total. The van der Waals surface area contributed by atoms with Crippen molar-refractivity contribution in [1.29, 1.82) is 5.26 Å². The van der Waals surface area contributed by atoms with E-state index in [9.17, 15) is 4.79 Å². The highest BCUT2D eigenvalue weighted by Gasteiger charge is 2.15. The normalized spacial score (nSPS) is 13.9. The number of nitrogens with one attached hydrogen (secondary N) is 1. The number of carbonyl (C=O) groups excluding carboxylic acids is 1. The van der Waals surface area contributed by atoms with Crippen LogP contribution >= 0.6 is 11.3 Å². The zero-order chi connectivity index (χ0) is 14.7. The molecule has 0 bridgehead atoms. The monoisotopic (exact) mass is 297 g/mol. The molecule has 0 saturated heterocycles. The van der Waals surface area contributed by atoms with Crippen molar-refractivity contribution in [3.8, 4) is 6.07 Å². The van der Waals surface area contributed by atoms with E-state index in [1.54, 1.807) is 35.6 Å². The molecule has 0 radical (unpaired) electrons. The molecule has 0 atom stereocenters. The van der Waals surface area contributed by atoms with Gasteiger partial charge in [-0.2, -0.15) is 5.26 Å². The van der Waals surface area contributed by atoms with E-state index in [-0.39, 0.29) is 5.91 Å². The molecule has 3 rings (SSSR count). The number of amides is 1. The number of nitriles is 1. The zero-order valence-corrected chi connectivity index (χ0v) is 12.4. The Balaban J connectivity index is 1.74. The molecule has 5 heteroatoms. The van der Waals surface area contributed by atoms with Gasteiger partial charge in [0.2, 0.25) is 0 Å². The number of benzene rings is 1. The number of carbonyl (C=O) groups is 1. The van der Waals surface area contributed by atoms with Crippen molar-refractivity contribution in [1.82, 2.24) is 4.98 Å². The highest BCUT2D eigenvalue weighted by molar-refractivity contribution is 7.15. The lowest BCUT2D eigenvalue weighted by Crippen LogP contribution is -2.11. The van der Waals surface area contributed by atoms with Crippen LogP contribution in [0.4, 0.5) is 5.13 Å². The maximum Gasteiger partial charge on any atom is 0.257 e. The van der Waals surface area contributed by atoms with Gasteiger partial charge in [-0.15, -0.1) is 11.3 Å². The molecular formula is C16H15N3OS. The van der Waals surface area contributed by atoms with Gasteiger partial charge >= 0.3 is 0 Å². The fourth-order valence-electron chi connectivity index (χ4n) is 2.45. The van der Waals surface area contributed by atoms with E-state index >= 15 is 0 Å². The van der Waals surface area contributed by atoms with Gasteiger partial charge in [0.15, 0.2) is 5.13 Å². The molecule has 1 N–H and O–H groups in total. The Bertz CT molecular complexity index is 674. The number of hydrogen-bond donors (Lipinski definition) is 1. The van der Waals surface area contributed by atoms with Gasteiger partial charge in [-0.3, -0.25) is 10.1 Å². The van der Waals surface area contributed by atoms with E-state index in [1.165, 1.54) is 24.1 Å². The molecule has 106 valence electrons. The van der Waals surface area contributed by atoms with E-state index < -0.39 is 0 Å². The molecule has 2 aromatic rings. The van der Waals surface area contributed by atoms with E-state index in [4.69, 9.17) is 5.26 Å². The van der Waals surface area contributed by atoms with E-state index in [1.807, 2.05) is 6.07 Å². The lowest BCUT2D eigenvalue weighted by atomic mass is 10.1. The van der Waals surface area contributed by atoms with Crippen molar-refractivity contribution >= 4 is 22.4 Å². The van der Waals surface area contributed by atoms with Crippen LogP contribution in [0.5, 0.6) is 0 Å². The van der Waals surface area contributed by atoms with Crippen molar-refractivity contribution in [3.05, 3.63) is 46.0 Å². The van der Waals surface area contributed by atoms with Crippen LogP contribution in [0.3, 0.4) is 0 Å². The third-order valence-corrected chi connectivity index (χ3v) is 4.67. The average Bonchev–Trinajstić information content (AvgIpc) is 2.76. The highest BCUT2D eigenvalue weighted by atomic mass is 32.1. The van der Waals surface area contributed by atoms with Crippen LogP contribution in [0, 0.1) is 11.3 Å². The molecule has 0 fully saturated rings. The predicted molar refractivity (Wildman–Crippen MR) is 82.5 cm³/mol. The summed E-state index contributed by atoms with van der Waals surface area (Å²) in [6, 6.07) is 8.65. The fraction of sp³-hybridized carbons (Fsp3) is 0.312. The van der Waals surface area contributed by atoms with Crippen LogP contribution in [0.15, 0.2) is 24.3 Å². The van der Waals surface area contributed by atoms with Gasteiger partial charge in [0.25, 0.3) is 5.91 Å². The molecule has 1 aromatic heterocycles. The van der Waals surface area contributed by atoms with Gasteiger partial charge in [-0.25, -0.2) is 4.98 Å². The Morgan fingerprint density at radius 3 is 2.71 bits per heavy atom. The number of nitrogens with zero attached hydrogens (tertiary/aromatic N) is 2. The maximum absolute atomic E-state index is 12.2. The molecule has 1 aliphatic carbocycles. The third-order valence-electron chi connectivity index (χ3n) is 3.59. The number of anilines is 1. The third kappa shape index (κ3) is 3.11. The summed E-state index contributed by atoms with van der Waals surface area (Å²) in [5.41, 5.74) is 2.24. The molecule has 1 aliphatic rings. The first-order valence-corrected chi connectivity index (χ1v) is 7.88. The van der Waals surface area contributed by atoms with Crippen molar-refractivity contribution in [2.75, 3.05) is 5.32 Å². The lowest BCUT2D eigenvalue weighted by Gasteiger charge is -2.01. The van der Waals surface area contributed by atoms with Crippen LogP contribution in [0.1, 0.15) is 45.8 Å². The minimum Gasteiger partial charge on any atom is -0.298 e. The quantitative estimate of drug-likeness (QED) is 0.862. The molecule has 0 spiro atoms. The summed E-state index contributed by atoms with van der Waals surface area (Å²) in [6.07, 6.45) is 5.73. The van der Waals surface area contributed by atoms with Gasteiger partial charge in [0.05, 0.1) is 17.3 Å². The molecule has 1 heterocycles. The molecule has 1 amide bonds. The minimum absolute atomic E-state index is 0.177. The summed E-state index contributed by atoms with van der Waals surface area (Å²) in [5, 5.41) is 12.3. The van der Waals surface area contributed by atoms with Gasteiger partial charge < -0.3 is 0 Å². The first-order chi connectivity index (χ1) is 10.3. The SMILES string of the molecule is N#Cc1ccc(C(=O)Nc2nc3c(s2)CCCCC3)cc1. The summed E-state index contributed by atoms with van der Waals surface area (Å²) in [7, 11) is 0. The Labute approximate surface area is 127 Å². The Morgan fingerprint density at radius 1 is 1.19 bits per heavy atom. The summed E-state index contributed by atoms with van der Waals surface area (Å²) in [6.45, 7) is 0. The molecule has 0 saturated carbocycles. The predicted octanol–water partition coefficient (Wildman–Crippen LogP) is 3.54. The summed E-state index contributed by atoms with van der Waals surface area (Å²) in [4.78, 5) is 18.0. The van der Waals surface area contributed by atoms with E-state index in [0.29, 0.717) is 16.3 Å². The van der Waals surface area contributed by atoms with Crippen molar-refractivity contribution in [2.45, 2.75) is 32.1 Å². The number of rotatable bonds is 2. The standard InChI is InChI=1S/C16H15N3OS/c17-10-11-6-8-12(9-7-11)15(20)19-16-18-13-4-2-1-3-5-14(13)21-16/h6-9H,1-5H2,(H,18,19,20). The Hall–Kier alpha value is -2.19. The van der Waals surface area contributed by atoms with Gasteiger partial charge in [-0.05, 0) is 49.9 Å². The van der Waals surface area contributed by atoms with Gasteiger partial charge in [-0.1, -0.05) is 6.42 Å². The van der Waals surface area contributed by atoms with Gasteiger partial charge in [0, 0.05) is 10.4 Å². The number of hydrogen-bond acceptors (Lipinski definition) is 4. The number of fused-ring (bicyclic) bond motifs is 1. The van der Waals surface area contributed by atoms with Crippen LogP contribution < -0.4 is 5.32 Å². The molecular weight excluding hydrogens is 282 g/mol. The summed E-state index contributed by atoms with van der Waals surface area (Å²) in [5.74, 6) is -0.177. The second kappa shape index (κ2) is 6.06.